The van der Waals surface area contributed by atoms with Gasteiger partial charge in [0.2, 0.25) is 0 Å². The lowest BCUT2D eigenvalue weighted by Gasteiger charge is -2.25. The summed E-state index contributed by atoms with van der Waals surface area (Å²) in [6.45, 7) is 1.72. The number of carbonyl (C=O) groups excluding carboxylic acids is 1. The Morgan fingerprint density at radius 3 is 2.43 bits per heavy atom. The van der Waals surface area contributed by atoms with Crippen molar-refractivity contribution < 1.29 is 22.4 Å². The minimum atomic E-state index is -4.54. The number of rotatable bonds is 2. The lowest BCUT2D eigenvalue weighted by atomic mass is 10.2. The highest BCUT2D eigenvalue weighted by molar-refractivity contribution is 5.84. The standard InChI is InChI=1S/C8H11F4NO/c1-5-3-2-4-13(5)7(14)8(11,12)6(9)10/h5-6H,2-4H2,1H3. The van der Waals surface area contributed by atoms with Crippen molar-refractivity contribution in [1.29, 1.82) is 0 Å². The summed E-state index contributed by atoms with van der Waals surface area (Å²) in [6, 6.07) is -0.368. The fraction of sp³-hybridized carbons (Fsp3) is 0.875. The molecule has 0 aromatic carbocycles. The number of likely N-dealkylation sites (tertiary alicyclic amines) is 1. The van der Waals surface area contributed by atoms with E-state index in [9.17, 15) is 22.4 Å². The highest BCUT2D eigenvalue weighted by Gasteiger charge is 2.52. The van der Waals surface area contributed by atoms with Gasteiger partial charge in [-0.2, -0.15) is 8.78 Å². The molecule has 1 fully saturated rings. The molecule has 1 heterocycles. The zero-order valence-corrected chi connectivity index (χ0v) is 7.64. The van der Waals surface area contributed by atoms with Crippen LogP contribution < -0.4 is 0 Å². The number of amides is 1. The van der Waals surface area contributed by atoms with Crippen LogP contribution >= 0.6 is 0 Å². The van der Waals surface area contributed by atoms with Gasteiger partial charge >= 0.3 is 12.3 Å². The van der Waals surface area contributed by atoms with Crippen LogP contribution in [0.25, 0.3) is 0 Å². The van der Waals surface area contributed by atoms with Crippen LogP contribution in [0.5, 0.6) is 0 Å². The molecule has 6 heteroatoms. The molecule has 0 bridgehead atoms. The summed E-state index contributed by atoms with van der Waals surface area (Å²) in [5, 5.41) is 0. The number of alkyl halides is 4. The molecule has 1 rings (SSSR count). The molecule has 1 amide bonds. The Morgan fingerprint density at radius 1 is 1.50 bits per heavy atom. The maximum atomic E-state index is 12.6. The van der Waals surface area contributed by atoms with Crippen LogP contribution in [0, 0.1) is 0 Å². The predicted octanol–water partition coefficient (Wildman–Crippen LogP) is 1.90. The second-order valence-electron chi connectivity index (χ2n) is 3.41. The van der Waals surface area contributed by atoms with Gasteiger partial charge < -0.3 is 4.90 Å². The van der Waals surface area contributed by atoms with Gasteiger partial charge in [-0.15, -0.1) is 0 Å². The van der Waals surface area contributed by atoms with Crippen molar-refractivity contribution in [3.8, 4) is 0 Å². The minimum absolute atomic E-state index is 0.141. The van der Waals surface area contributed by atoms with Crippen molar-refractivity contribution in [3.63, 3.8) is 0 Å². The lowest BCUT2D eigenvalue weighted by Crippen LogP contribution is -2.48. The summed E-state index contributed by atoms with van der Waals surface area (Å²) >= 11 is 0. The number of nitrogens with zero attached hydrogens (tertiary/aromatic N) is 1. The molecule has 2 nitrogen and oxygen atoms in total. The van der Waals surface area contributed by atoms with Gasteiger partial charge in [-0.1, -0.05) is 0 Å². The molecule has 14 heavy (non-hydrogen) atoms. The molecule has 0 radical (unpaired) electrons. The number of hydrogen-bond acceptors (Lipinski definition) is 1. The molecule has 0 aromatic rings. The largest absolute Gasteiger partial charge is 0.383 e. The topological polar surface area (TPSA) is 20.3 Å². The first-order chi connectivity index (χ1) is 6.37. The highest BCUT2D eigenvalue weighted by Crippen LogP contribution is 2.29. The average Bonchev–Trinajstić information content (AvgIpc) is 2.49. The molecule has 0 N–H and O–H groups in total. The van der Waals surface area contributed by atoms with Gasteiger partial charge in [0, 0.05) is 12.6 Å². The fourth-order valence-electron chi connectivity index (χ4n) is 1.52. The number of hydrogen-bond donors (Lipinski definition) is 0. The maximum Gasteiger partial charge on any atom is 0.383 e. The lowest BCUT2D eigenvalue weighted by molar-refractivity contribution is -0.181. The Balaban J connectivity index is 2.73. The molecule has 1 aliphatic rings. The molecule has 82 valence electrons. The normalized spacial score (nSPS) is 23.3. The van der Waals surface area contributed by atoms with Crippen molar-refractivity contribution in [1.82, 2.24) is 4.90 Å². The smallest absolute Gasteiger partial charge is 0.335 e. The summed E-state index contributed by atoms with van der Waals surface area (Å²) in [6.07, 6.45) is -2.75. The third-order valence-electron chi connectivity index (χ3n) is 2.37. The Labute approximate surface area is 78.9 Å². The second kappa shape index (κ2) is 3.74. The van der Waals surface area contributed by atoms with E-state index in [4.69, 9.17) is 0 Å². The number of carbonyl (C=O) groups is 1. The van der Waals surface area contributed by atoms with E-state index in [-0.39, 0.29) is 12.6 Å². The molecule has 0 aromatic heterocycles. The molecule has 0 saturated carbocycles. The van der Waals surface area contributed by atoms with Gasteiger partial charge in [0.25, 0.3) is 5.91 Å². The highest BCUT2D eigenvalue weighted by atomic mass is 19.3. The molecule has 0 spiro atoms. The van der Waals surface area contributed by atoms with Crippen LogP contribution in [0.3, 0.4) is 0 Å². The zero-order chi connectivity index (χ0) is 10.9. The summed E-state index contributed by atoms with van der Waals surface area (Å²) in [7, 11) is 0. The van der Waals surface area contributed by atoms with E-state index >= 15 is 0 Å². The Kier molecular flexibility index (Phi) is 3.01. The zero-order valence-electron chi connectivity index (χ0n) is 7.64. The van der Waals surface area contributed by atoms with Crippen LogP contribution in [0.2, 0.25) is 0 Å². The van der Waals surface area contributed by atoms with Gasteiger partial charge in [0.15, 0.2) is 0 Å². The third kappa shape index (κ3) is 1.83. The molecular weight excluding hydrogens is 202 g/mol. The molecular formula is C8H11F4NO. The van der Waals surface area contributed by atoms with Crippen LogP contribution in [0.1, 0.15) is 19.8 Å². The second-order valence-corrected chi connectivity index (χ2v) is 3.41. The van der Waals surface area contributed by atoms with Gasteiger partial charge in [-0.25, -0.2) is 8.78 Å². The van der Waals surface area contributed by atoms with E-state index in [0.717, 1.165) is 4.90 Å². The van der Waals surface area contributed by atoms with Gasteiger partial charge in [0.1, 0.15) is 0 Å². The van der Waals surface area contributed by atoms with E-state index in [0.29, 0.717) is 12.8 Å². The van der Waals surface area contributed by atoms with E-state index < -0.39 is 18.3 Å². The summed E-state index contributed by atoms with van der Waals surface area (Å²) < 4.78 is 48.9. The molecule has 1 atom stereocenters. The van der Waals surface area contributed by atoms with Crippen LogP contribution in [-0.4, -0.2) is 35.7 Å². The first kappa shape index (κ1) is 11.3. The Bertz CT molecular complexity index is 231. The summed E-state index contributed by atoms with van der Waals surface area (Å²) in [5.41, 5.74) is 0. The van der Waals surface area contributed by atoms with E-state index in [1.54, 1.807) is 6.92 Å². The van der Waals surface area contributed by atoms with E-state index in [1.165, 1.54) is 0 Å². The van der Waals surface area contributed by atoms with Gasteiger partial charge in [-0.3, -0.25) is 4.79 Å². The Hall–Kier alpha value is -0.810. The van der Waals surface area contributed by atoms with Gasteiger partial charge in [0.05, 0.1) is 0 Å². The SMILES string of the molecule is CC1CCCN1C(=O)C(F)(F)C(F)F. The van der Waals surface area contributed by atoms with E-state index in [1.807, 2.05) is 0 Å². The van der Waals surface area contributed by atoms with Crippen LogP contribution in [0.15, 0.2) is 0 Å². The van der Waals surface area contributed by atoms with Crippen molar-refractivity contribution in [2.75, 3.05) is 6.54 Å². The predicted molar refractivity (Wildman–Crippen MR) is 41.4 cm³/mol. The monoisotopic (exact) mass is 213 g/mol. The van der Waals surface area contributed by atoms with Crippen molar-refractivity contribution in [2.45, 2.75) is 38.2 Å². The molecule has 1 aliphatic heterocycles. The number of halogens is 4. The summed E-state index contributed by atoms with van der Waals surface area (Å²) in [5.74, 6) is -6.30. The first-order valence-electron chi connectivity index (χ1n) is 4.34. The quantitative estimate of drug-likeness (QED) is 0.641. The maximum absolute atomic E-state index is 12.6. The average molecular weight is 213 g/mol. The molecule has 0 aliphatic carbocycles. The van der Waals surface area contributed by atoms with Crippen LogP contribution in [-0.2, 0) is 4.79 Å². The minimum Gasteiger partial charge on any atom is -0.335 e. The molecule has 1 saturated heterocycles. The van der Waals surface area contributed by atoms with Crippen LogP contribution in [0.4, 0.5) is 17.6 Å². The van der Waals surface area contributed by atoms with Crippen molar-refractivity contribution >= 4 is 5.91 Å². The summed E-state index contributed by atoms with van der Waals surface area (Å²) in [4.78, 5) is 11.8. The first-order valence-corrected chi connectivity index (χ1v) is 4.34. The third-order valence-corrected chi connectivity index (χ3v) is 2.37. The Morgan fingerprint density at radius 2 is 2.07 bits per heavy atom. The van der Waals surface area contributed by atoms with Crippen molar-refractivity contribution in [2.24, 2.45) is 0 Å². The van der Waals surface area contributed by atoms with Gasteiger partial charge in [-0.05, 0) is 19.8 Å². The fourth-order valence-corrected chi connectivity index (χ4v) is 1.52. The van der Waals surface area contributed by atoms with E-state index in [2.05, 4.69) is 0 Å². The van der Waals surface area contributed by atoms with Crippen molar-refractivity contribution in [3.05, 3.63) is 0 Å². The molecule has 1 unspecified atom stereocenters.